The zero-order valence-electron chi connectivity index (χ0n) is 11.8. The monoisotopic (exact) mass is 322 g/mol. The average molecular weight is 323 g/mol. The summed E-state index contributed by atoms with van der Waals surface area (Å²) in [7, 11) is 0. The SMILES string of the molecule is CCC(C)C(N)C(=O)NC(C)c1c(F)cccc1Cl.Cl. The molecule has 0 radical (unpaired) electrons. The Labute approximate surface area is 130 Å². The van der Waals surface area contributed by atoms with E-state index in [9.17, 15) is 9.18 Å². The van der Waals surface area contributed by atoms with Gasteiger partial charge in [-0.15, -0.1) is 12.4 Å². The topological polar surface area (TPSA) is 55.1 Å². The molecule has 3 N–H and O–H groups in total. The van der Waals surface area contributed by atoms with Gasteiger partial charge in [-0.2, -0.15) is 0 Å². The second-order valence-electron chi connectivity index (χ2n) is 4.78. The fourth-order valence-corrected chi connectivity index (χ4v) is 2.15. The molecular weight excluding hydrogens is 302 g/mol. The van der Waals surface area contributed by atoms with Gasteiger partial charge in [0.1, 0.15) is 5.82 Å². The third-order valence-corrected chi connectivity index (χ3v) is 3.68. The Morgan fingerprint density at radius 1 is 1.45 bits per heavy atom. The molecule has 3 atom stereocenters. The lowest BCUT2D eigenvalue weighted by Gasteiger charge is -2.22. The summed E-state index contributed by atoms with van der Waals surface area (Å²) in [5.41, 5.74) is 6.12. The summed E-state index contributed by atoms with van der Waals surface area (Å²) in [6.45, 7) is 5.56. The first-order valence-electron chi connectivity index (χ1n) is 6.38. The van der Waals surface area contributed by atoms with Crippen molar-refractivity contribution < 1.29 is 9.18 Å². The summed E-state index contributed by atoms with van der Waals surface area (Å²) >= 11 is 5.95. The summed E-state index contributed by atoms with van der Waals surface area (Å²) in [5, 5.41) is 3.00. The minimum Gasteiger partial charge on any atom is -0.348 e. The van der Waals surface area contributed by atoms with E-state index in [1.165, 1.54) is 12.1 Å². The van der Waals surface area contributed by atoms with Crippen LogP contribution in [-0.2, 0) is 4.79 Å². The summed E-state index contributed by atoms with van der Waals surface area (Å²) in [4.78, 5) is 11.9. The predicted octanol–water partition coefficient (Wildman–Crippen LogP) is 3.45. The second-order valence-corrected chi connectivity index (χ2v) is 5.18. The molecule has 1 rings (SSSR count). The Kier molecular flexibility index (Phi) is 8.09. The van der Waals surface area contributed by atoms with Crippen LogP contribution in [0.25, 0.3) is 0 Å². The van der Waals surface area contributed by atoms with E-state index >= 15 is 0 Å². The van der Waals surface area contributed by atoms with Crippen molar-refractivity contribution >= 4 is 29.9 Å². The maximum Gasteiger partial charge on any atom is 0.237 e. The van der Waals surface area contributed by atoms with Crippen molar-refractivity contribution in [3.63, 3.8) is 0 Å². The van der Waals surface area contributed by atoms with E-state index in [1.807, 2.05) is 13.8 Å². The smallest absolute Gasteiger partial charge is 0.237 e. The Hall–Kier alpha value is -0.840. The molecule has 1 aromatic rings. The van der Waals surface area contributed by atoms with E-state index in [0.29, 0.717) is 5.02 Å². The minimum absolute atomic E-state index is 0. The van der Waals surface area contributed by atoms with Crippen molar-refractivity contribution in [3.05, 3.63) is 34.6 Å². The molecule has 0 aromatic heterocycles. The Morgan fingerprint density at radius 3 is 2.55 bits per heavy atom. The Morgan fingerprint density at radius 2 is 2.05 bits per heavy atom. The molecule has 0 aliphatic heterocycles. The molecule has 6 heteroatoms. The largest absolute Gasteiger partial charge is 0.348 e. The number of nitrogens with two attached hydrogens (primary N) is 1. The molecule has 20 heavy (non-hydrogen) atoms. The number of hydrogen-bond donors (Lipinski definition) is 2. The van der Waals surface area contributed by atoms with Gasteiger partial charge < -0.3 is 11.1 Å². The summed E-state index contributed by atoms with van der Waals surface area (Å²) in [6.07, 6.45) is 0.809. The fourth-order valence-electron chi connectivity index (χ4n) is 1.82. The third kappa shape index (κ3) is 4.62. The van der Waals surface area contributed by atoms with E-state index in [0.717, 1.165) is 6.42 Å². The fraction of sp³-hybridized carbons (Fsp3) is 0.500. The molecule has 3 unspecified atom stereocenters. The van der Waals surface area contributed by atoms with E-state index in [1.54, 1.807) is 13.0 Å². The lowest BCUT2D eigenvalue weighted by molar-refractivity contribution is -0.124. The van der Waals surface area contributed by atoms with E-state index in [4.69, 9.17) is 17.3 Å². The van der Waals surface area contributed by atoms with Crippen LogP contribution in [0.4, 0.5) is 4.39 Å². The van der Waals surface area contributed by atoms with Gasteiger partial charge in [0.25, 0.3) is 0 Å². The van der Waals surface area contributed by atoms with Gasteiger partial charge in [0.15, 0.2) is 0 Å². The van der Waals surface area contributed by atoms with E-state index in [2.05, 4.69) is 5.32 Å². The molecule has 114 valence electrons. The first-order valence-corrected chi connectivity index (χ1v) is 6.76. The van der Waals surface area contributed by atoms with E-state index in [-0.39, 0.29) is 29.8 Å². The molecular formula is C14H21Cl2FN2O. The van der Waals surface area contributed by atoms with E-state index < -0.39 is 17.9 Å². The highest BCUT2D eigenvalue weighted by atomic mass is 35.5. The van der Waals surface area contributed by atoms with Gasteiger partial charge in [0.05, 0.1) is 12.1 Å². The molecule has 0 aliphatic carbocycles. The molecule has 0 heterocycles. The zero-order valence-corrected chi connectivity index (χ0v) is 13.4. The van der Waals surface area contributed by atoms with Crippen molar-refractivity contribution in [3.8, 4) is 0 Å². The van der Waals surface area contributed by atoms with Crippen LogP contribution in [0.3, 0.4) is 0 Å². The van der Waals surface area contributed by atoms with Crippen molar-refractivity contribution in [2.24, 2.45) is 11.7 Å². The number of carbonyl (C=O) groups is 1. The van der Waals surface area contributed by atoms with Gasteiger partial charge in [-0.25, -0.2) is 4.39 Å². The Bertz CT molecular complexity index is 437. The van der Waals surface area contributed by atoms with Gasteiger partial charge in [0, 0.05) is 10.6 Å². The van der Waals surface area contributed by atoms with Gasteiger partial charge >= 0.3 is 0 Å². The van der Waals surface area contributed by atoms with Crippen LogP contribution >= 0.6 is 24.0 Å². The van der Waals surface area contributed by atoms with Crippen LogP contribution in [0.1, 0.15) is 38.8 Å². The molecule has 0 saturated heterocycles. The highest BCUT2D eigenvalue weighted by Gasteiger charge is 2.23. The van der Waals surface area contributed by atoms with Crippen LogP contribution < -0.4 is 11.1 Å². The number of benzene rings is 1. The van der Waals surface area contributed by atoms with Crippen molar-refractivity contribution in [2.45, 2.75) is 39.3 Å². The Balaban J connectivity index is 0.00000361. The maximum atomic E-state index is 13.7. The van der Waals surface area contributed by atoms with Crippen LogP contribution in [0.2, 0.25) is 5.02 Å². The van der Waals surface area contributed by atoms with Crippen LogP contribution in [0.5, 0.6) is 0 Å². The lowest BCUT2D eigenvalue weighted by atomic mass is 9.98. The lowest BCUT2D eigenvalue weighted by Crippen LogP contribution is -2.45. The standard InChI is InChI=1S/C14H20ClFN2O.ClH/c1-4-8(2)13(17)14(19)18-9(3)12-10(15)6-5-7-11(12)16;/h5-9,13H,4,17H2,1-3H3,(H,18,19);1H. The molecule has 0 bridgehead atoms. The third-order valence-electron chi connectivity index (χ3n) is 3.35. The average Bonchev–Trinajstić information content (AvgIpc) is 2.36. The molecule has 0 fully saturated rings. The quantitative estimate of drug-likeness (QED) is 0.872. The van der Waals surface area contributed by atoms with Gasteiger partial charge in [-0.3, -0.25) is 4.79 Å². The van der Waals surface area contributed by atoms with Crippen molar-refractivity contribution in [1.82, 2.24) is 5.32 Å². The van der Waals surface area contributed by atoms with Crippen molar-refractivity contribution in [1.29, 1.82) is 0 Å². The number of hydrogen-bond acceptors (Lipinski definition) is 2. The van der Waals surface area contributed by atoms with Gasteiger partial charge in [-0.05, 0) is 25.0 Å². The summed E-state index contributed by atoms with van der Waals surface area (Å²) in [5.74, 6) is -0.651. The number of rotatable bonds is 5. The zero-order chi connectivity index (χ0) is 14.6. The number of halogens is 3. The minimum atomic E-state index is -0.599. The predicted molar refractivity (Wildman–Crippen MR) is 82.6 cm³/mol. The maximum absolute atomic E-state index is 13.7. The molecule has 1 aromatic carbocycles. The molecule has 0 aliphatic rings. The second kappa shape index (κ2) is 8.45. The van der Waals surface area contributed by atoms with Gasteiger partial charge in [-0.1, -0.05) is 37.9 Å². The first-order chi connectivity index (χ1) is 8.88. The molecule has 0 saturated carbocycles. The number of carbonyl (C=O) groups excluding carboxylic acids is 1. The van der Waals surface area contributed by atoms with Crippen LogP contribution in [0, 0.1) is 11.7 Å². The number of nitrogens with one attached hydrogen (secondary N) is 1. The normalized spacial score (nSPS) is 14.9. The summed E-state index contributed by atoms with van der Waals surface area (Å²) < 4.78 is 13.7. The highest BCUT2D eigenvalue weighted by molar-refractivity contribution is 6.31. The van der Waals surface area contributed by atoms with Crippen LogP contribution in [-0.4, -0.2) is 11.9 Å². The molecule has 3 nitrogen and oxygen atoms in total. The molecule has 0 spiro atoms. The first kappa shape index (κ1) is 19.2. The highest BCUT2D eigenvalue weighted by Crippen LogP contribution is 2.25. The van der Waals surface area contributed by atoms with Gasteiger partial charge in [0.2, 0.25) is 5.91 Å². The van der Waals surface area contributed by atoms with Crippen LogP contribution in [0.15, 0.2) is 18.2 Å². The summed E-state index contributed by atoms with van der Waals surface area (Å²) in [6, 6.07) is 3.32. The number of amides is 1. The molecule has 1 amide bonds. The van der Waals surface area contributed by atoms with Crippen molar-refractivity contribution in [2.75, 3.05) is 0 Å².